The minimum absolute atomic E-state index is 0.0139. The minimum Gasteiger partial charge on any atom is -0.493 e. The molecule has 0 aromatic heterocycles. The maximum atomic E-state index is 12.2. The van der Waals surface area contributed by atoms with Crippen LogP contribution in [0.25, 0.3) is 0 Å². The summed E-state index contributed by atoms with van der Waals surface area (Å²) < 4.78 is 10.5. The standard InChI is InChI=1S/C15H22N2O3/c1-10-8-13(19-2)14(20-3)9-12(10)17-15(18)11-6-4-5-7-16-11/h8-9,11,16H,4-7H2,1-3H3,(H,17,18). The summed E-state index contributed by atoms with van der Waals surface area (Å²) in [6.07, 6.45) is 3.12. The van der Waals surface area contributed by atoms with Gasteiger partial charge >= 0.3 is 0 Å². The lowest BCUT2D eigenvalue weighted by atomic mass is 10.0. The molecule has 1 fully saturated rings. The Morgan fingerprint density at radius 2 is 1.95 bits per heavy atom. The van der Waals surface area contributed by atoms with E-state index in [2.05, 4.69) is 10.6 Å². The smallest absolute Gasteiger partial charge is 0.241 e. The molecule has 1 amide bonds. The minimum atomic E-state index is -0.101. The number of nitrogens with one attached hydrogen (secondary N) is 2. The highest BCUT2D eigenvalue weighted by Crippen LogP contribution is 2.33. The lowest BCUT2D eigenvalue weighted by Crippen LogP contribution is -2.43. The van der Waals surface area contributed by atoms with Gasteiger partial charge in [0.2, 0.25) is 5.91 Å². The Bertz CT molecular complexity index is 482. The fourth-order valence-corrected chi connectivity index (χ4v) is 2.41. The monoisotopic (exact) mass is 278 g/mol. The predicted molar refractivity (Wildman–Crippen MR) is 78.6 cm³/mol. The van der Waals surface area contributed by atoms with Crippen LogP contribution in [0.1, 0.15) is 24.8 Å². The molecule has 1 heterocycles. The Labute approximate surface area is 119 Å². The molecule has 1 unspecified atom stereocenters. The van der Waals surface area contributed by atoms with Crippen molar-refractivity contribution in [2.75, 3.05) is 26.1 Å². The van der Waals surface area contributed by atoms with E-state index in [1.807, 2.05) is 13.0 Å². The van der Waals surface area contributed by atoms with Gasteiger partial charge < -0.3 is 20.1 Å². The van der Waals surface area contributed by atoms with E-state index in [9.17, 15) is 4.79 Å². The lowest BCUT2D eigenvalue weighted by Gasteiger charge is -2.23. The Balaban J connectivity index is 2.13. The molecule has 2 rings (SSSR count). The first-order valence-corrected chi connectivity index (χ1v) is 6.92. The average molecular weight is 278 g/mol. The van der Waals surface area contributed by atoms with Crippen LogP contribution >= 0.6 is 0 Å². The maximum Gasteiger partial charge on any atom is 0.241 e. The summed E-state index contributed by atoms with van der Waals surface area (Å²) in [7, 11) is 3.18. The molecular formula is C15H22N2O3. The molecule has 1 saturated heterocycles. The topological polar surface area (TPSA) is 59.6 Å². The SMILES string of the molecule is COc1cc(C)c(NC(=O)C2CCCCN2)cc1OC. The third-order valence-corrected chi connectivity index (χ3v) is 3.62. The maximum absolute atomic E-state index is 12.2. The van der Waals surface area contributed by atoms with Crippen LogP contribution in [-0.2, 0) is 4.79 Å². The van der Waals surface area contributed by atoms with Crippen LogP contribution in [-0.4, -0.2) is 32.7 Å². The summed E-state index contributed by atoms with van der Waals surface area (Å²) in [6, 6.07) is 3.56. The van der Waals surface area contributed by atoms with E-state index >= 15 is 0 Å². The van der Waals surface area contributed by atoms with Crippen molar-refractivity contribution in [3.05, 3.63) is 17.7 Å². The number of hydrogen-bond donors (Lipinski definition) is 2. The second-order valence-corrected chi connectivity index (χ2v) is 5.01. The molecule has 0 bridgehead atoms. The molecule has 5 heteroatoms. The van der Waals surface area contributed by atoms with Gasteiger partial charge in [-0.15, -0.1) is 0 Å². The number of carbonyl (C=O) groups excluding carboxylic acids is 1. The van der Waals surface area contributed by atoms with Gasteiger partial charge in [-0.2, -0.15) is 0 Å². The largest absolute Gasteiger partial charge is 0.493 e. The number of methoxy groups -OCH3 is 2. The number of carbonyl (C=O) groups is 1. The quantitative estimate of drug-likeness (QED) is 0.885. The molecule has 0 saturated carbocycles. The van der Waals surface area contributed by atoms with E-state index < -0.39 is 0 Å². The second kappa shape index (κ2) is 6.61. The van der Waals surface area contributed by atoms with E-state index in [1.54, 1.807) is 20.3 Å². The Hall–Kier alpha value is -1.75. The molecule has 0 aliphatic carbocycles. The van der Waals surface area contributed by atoms with Crippen LogP contribution in [0.4, 0.5) is 5.69 Å². The summed E-state index contributed by atoms with van der Waals surface area (Å²) >= 11 is 0. The lowest BCUT2D eigenvalue weighted by molar-refractivity contribution is -0.118. The van der Waals surface area contributed by atoms with Crippen LogP contribution in [0.2, 0.25) is 0 Å². The molecule has 1 aromatic rings. The van der Waals surface area contributed by atoms with E-state index in [1.165, 1.54) is 0 Å². The fourth-order valence-electron chi connectivity index (χ4n) is 2.41. The Morgan fingerprint density at radius 1 is 1.25 bits per heavy atom. The number of benzene rings is 1. The van der Waals surface area contributed by atoms with Crippen molar-refractivity contribution in [3.8, 4) is 11.5 Å². The molecule has 2 N–H and O–H groups in total. The van der Waals surface area contributed by atoms with E-state index in [4.69, 9.17) is 9.47 Å². The first kappa shape index (κ1) is 14.7. The zero-order valence-corrected chi connectivity index (χ0v) is 12.3. The summed E-state index contributed by atoms with van der Waals surface area (Å²) in [5, 5.41) is 6.21. The van der Waals surface area contributed by atoms with Crippen LogP contribution in [0.3, 0.4) is 0 Å². The number of anilines is 1. The number of ether oxygens (including phenoxy) is 2. The Kier molecular flexibility index (Phi) is 4.84. The van der Waals surface area contributed by atoms with Gasteiger partial charge in [0, 0.05) is 11.8 Å². The van der Waals surface area contributed by atoms with Crippen molar-refractivity contribution in [3.63, 3.8) is 0 Å². The number of hydrogen-bond acceptors (Lipinski definition) is 4. The third kappa shape index (κ3) is 3.22. The van der Waals surface area contributed by atoms with Gasteiger partial charge in [-0.1, -0.05) is 6.42 Å². The van der Waals surface area contributed by atoms with Crippen molar-refractivity contribution < 1.29 is 14.3 Å². The van der Waals surface area contributed by atoms with Crippen molar-refractivity contribution >= 4 is 11.6 Å². The molecule has 5 nitrogen and oxygen atoms in total. The van der Waals surface area contributed by atoms with Crippen LogP contribution < -0.4 is 20.1 Å². The number of aryl methyl sites for hydroxylation is 1. The van der Waals surface area contributed by atoms with Crippen LogP contribution in [0, 0.1) is 6.92 Å². The normalized spacial score (nSPS) is 18.4. The first-order chi connectivity index (χ1) is 9.65. The van der Waals surface area contributed by atoms with E-state index in [0.29, 0.717) is 11.5 Å². The zero-order chi connectivity index (χ0) is 14.5. The molecule has 1 aliphatic heterocycles. The molecule has 1 aromatic carbocycles. The summed E-state index contributed by atoms with van der Waals surface area (Å²) in [6.45, 7) is 2.84. The number of rotatable bonds is 4. The zero-order valence-electron chi connectivity index (χ0n) is 12.3. The highest BCUT2D eigenvalue weighted by molar-refractivity contribution is 5.95. The predicted octanol–water partition coefficient (Wildman–Crippen LogP) is 2.09. The van der Waals surface area contributed by atoms with Crippen molar-refractivity contribution in [2.45, 2.75) is 32.2 Å². The second-order valence-electron chi connectivity index (χ2n) is 5.01. The van der Waals surface area contributed by atoms with Gasteiger partial charge in [0.05, 0.1) is 20.3 Å². The molecule has 0 radical (unpaired) electrons. The van der Waals surface area contributed by atoms with E-state index in [-0.39, 0.29) is 11.9 Å². The summed E-state index contributed by atoms with van der Waals surface area (Å²) in [5.74, 6) is 1.30. The van der Waals surface area contributed by atoms with Gasteiger partial charge in [-0.25, -0.2) is 0 Å². The van der Waals surface area contributed by atoms with Gasteiger partial charge in [-0.05, 0) is 37.9 Å². The van der Waals surface area contributed by atoms with Gasteiger partial charge in [0.1, 0.15) is 0 Å². The highest BCUT2D eigenvalue weighted by Gasteiger charge is 2.21. The molecule has 0 spiro atoms. The molecule has 20 heavy (non-hydrogen) atoms. The van der Waals surface area contributed by atoms with Gasteiger partial charge in [0.25, 0.3) is 0 Å². The van der Waals surface area contributed by atoms with E-state index in [0.717, 1.165) is 37.1 Å². The highest BCUT2D eigenvalue weighted by atomic mass is 16.5. The van der Waals surface area contributed by atoms with Crippen molar-refractivity contribution in [1.29, 1.82) is 0 Å². The number of piperidine rings is 1. The first-order valence-electron chi connectivity index (χ1n) is 6.92. The Morgan fingerprint density at radius 3 is 2.55 bits per heavy atom. The molecular weight excluding hydrogens is 256 g/mol. The van der Waals surface area contributed by atoms with Crippen LogP contribution in [0.5, 0.6) is 11.5 Å². The van der Waals surface area contributed by atoms with Gasteiger partial charge in [0.15, 0.2) is 11.5 Å². The van der Waals surface area contributed by atoms with Crippen molar-refractivity contribution in [2.24, 2.45) is 0 Å². The molecule has 110 valence electrons. The molecule has 1 aliphatic rings. The fraction of sp³-hybridized carbons (Fsp3) is 0.533. The summed E-state index contributed by atoms with van der Waals surface area (Å²) in [5.41, 5.74) is 1.71. The summed E-state index contributed by atoms with van der Waals surface area (Å²) in [4.78, 5) is 12.2. The van der Waals surface area contributed by atoms with Gasteiger partial charge in [-0.3, -0.25) is 4.79 Å². The average Bonchev–Trinajstić information content (AvgIpc) is 2.49. The van der Waals surface area contributed by atoms with Crippen LogP contribution in [0.15, 0.2) is 12.1 Å². The molecule has 1 atom stereocenters. The van der Waals surface area contributed by atoms with Crippen molar-refractivity contribution in [1.82, 2.24) is 5.32 Å². The third-order valence-electron chi connectivity index (χ3n) is 3.62. The number of amides is 1.